The maximum atomic E-state index is 12.2. The standard InChI is InChI=1S/C22H28N4O3S/c23-30(28,29)21-10-8-20(9-11-21)24-22(27)12-14-26-17-15-25(16-18-26)13-4-7-19-5-2-1-3-6-19/h1-11H,12-18H2,(H,24,27)(H2,23,28,29)/b7-4+. The van der Waals surface area contributed by atoms with E-state index in [0.29, 0.717) is 18.7 Å². The van der Waals surface area contributed by atoms with Crippen molar-refractivity contribution in [1.29, 1.82) is 0 Å². The summed E-state index contributed by atoms with van der Waals surface area (Å²) in [6.07, 6.45) is 4.73. The predicted octanol–water partition coefficient (Wildman–Crippen LogP) is 1.99. The first-order valence-corrected chi connectivity index (χ1v) is 11.5. The number of benzene rings is 2. The molecule has 0 aromatic heterocycles. The molecule has 2 aromatic rings. The lowest BCUT2D eigenvalue weighted by molar-refractivity contribution is -0.116. The molecule has 8 heteroatoms. The van der Waals surface area contributed by atoms with Gasteiger partial charge in [-0.15, -0.1) is 0 Å². The number of piperazine rings is 1. The van der Waals surface area contributed by atoms with Gasteiger partial charge in [0.05, 0.1) is 4.90 Å². The van der Waals surface area contributed by atoms with Crippen molar-refractivity contribution in [3.05, 3.63) is 66.2 Å². The number of nitrogens with two attached hydrogens (primary N) is 1. The highest BCUT2D eigenvalue weighted by Gasteiger charge is 2.16. The molecule has 0 aliphatic carbocycles. The smallest absolute Gasteiger partial charge is 0.238 e. The number of hydrogen-bond acceptors (Lipinski definition) is 5. The van der Waals surface area contributed by atoms with Crippen LogP contribution < -0.4 is 10.5 Å². The average Bonchev–Trinajstić information content (AvgIpc) is 2.74. The molecule has 3 rings (SSSR count). The number of primary sulfonamides is 1. The molecule has 1 amide bonds. The van der Waals surface area contributed by atoms with E-state index in [9.17, 15) is 13.2 Å². The third-order valence-electron chi connectivity index (χ3n) is 5.06. The van der Waals surface area contributed by atoms with Crippen LogP contribution in [-0.4, -0.2) is 63.4 Å². The zero-order valence-electron chi connectivity index (χ0n) is 16.9. The fourth-order valence-corrected chi connectivity index (χ4v) is 3.82. The van der Waals surface area contributed by atoms with E-state index in [1.807, 2.05) is 18.2 Å². The number of nitrogens with zero attached hydrogens (tertiary/aromatic N) is 2. The van der Waals surface area contributed by atoms with E-state index >= 15 is 0 Å². The highest BCUT2D eigenvalue weighted by atomic mass is 32.2. The topological polar surface area (TPSA) is 95.7 Å². The molecule has 1 saturated heterocycles. The molecule has 1 aliphatic heterocycles. The summed E-state index contributed by atoms with van der Waals surface area (Å²) < 4.78 is 22.5. The van der Waals surface area contributed by atoms with Gasteiger partial charge in [0, 0.05) is 51.4 Å². The summed E-state index contributed by atoms with van der Waals surface area (Å²) in [4.78, 5) is 16.9. The van der Waals surface area contributed by atoms with Crippen LogP contribution >= 0.6 is 0 Å². The fraction of sp³-hybridized carbons (Fsp3) is 0.318. The zero-order valence-corrected chi connectivity index (χ0v) is 17.7. The molecule has 2 aromatic carbocycles. The normalized spacial score (nSPS) is 16.0. The number of rotatable bonds is 8. The van der Waals surface area contributed by atoms with Gasteiger partial charge < -0.3 is 10.2 Å². The lowest BCUT2D eigenvalue weighted by atomic mass is 10.2. The van der Waals surface area contributed by atoms with Gasteiger partial charge in [0.2, 0.25) is 15.9 Å². The molecule has 0 atom stereocenters. The second-order valence-corrected chi connectivity index (χ2v) is 8.88. The summed E-state index contributed by atoms with van der Waals surface area (Å²) in [6, 6.07) is 16.1. The van der Waals surface area contributed by atoms with E-state index in [0.717, 1.165) is 32.7 Å². The van der Waals surface area contributed by atoms with Crippen LogP contribution in [0.3, 0.4) is 0 Å². The molecule has 30 heavy (non-hydrogen) atoms. The van der Waals surface area contributed by atoms with Gasteiger partial charge >= 0.3 is 0 Å². The van der Waals surface area contributed by atoms with Crippen molar-refractivity contribution >= 4 is 27.7 Å². The number of amides is 1. The average molecular weight is 429 g/mol. The van der Waals surface area contributed by atoms with Gasteiger partial charge in [0.1, 0.15) is 0 Å². The maximum absolute atomic E-state index is 12.2. The Morgan fingerprint density at radius 1 is 0.967 bits per heavy atom. The van der Waals surface area contributed by atoms with Crippen LogP contribution in [0.4, 0.5) is 5.69 Å². The van der Waals surface area contributed by atoms with Crippen LogP contribution in [0.2, 0.25) is 0 Å². The van der Waals surface area contributed by atoms with Crippen molar-refractivity contribution in [2.75, 3.05) is 44.6 Å². The summed E-state index contributed by atoms with van der Waals surface area (Å²) >= 11 is 0. The molecule has 0 saturated carbocycles. The van der Waals surface area contributed by atoms with Crippen LogP contribution in [0.1, 0.15) is 12.0 Å². The first-order valence-electron chi connectivity index (χ1n) is 9.99. The molecule has 0 spiro atoms. The Morgan fingerprint density at radius 2 is 1.60 bits per heavy atom. The molecular formula is C22H28N4O3S. The largest absolute Gasteiger partial charge is 0.326 e. The molecular weight excluding hydrogens is 400 g/mol. The molecule has 0 unspecified atom stereocenters. The van der Waals surface area contributed by atoms with E-state index in [1.165, 1.54) is 17.7 Å². The van der Waals surface area contributed by atoms with Crippen LogP contribution in [0.15, 0.2) is 65.6 Å². The van der Waals surface area contributed by atoms with Crippen molar-refractivity contribution < 1.29 is 13.2 Å². The SMILES string of the molecule is NS(=O)(=O)c1ccc(NC(=O)CCN2CCN(C/C=C/c3ccccc3)CC2)cc1. The fourth-order valence-electron chi connectivity index (χ4n) is 3.31. The van der Waals surface area contributed by atoms with E-state index in [1.54, 1.807) is 12.1 Å². The highest BCUT2D eigenvalue weighted by molar-refractivity contribution is 7.89. The first-order chi connectivity index (χ1) is 14.4. The summed E-state index contributed by atoms with van der Waals surface area (Å²) in [6.45, 7) is 5.48. The summed E-state index contributed by atoms with van der Waals surface area (Å²) in [5.74, 6) is -0.0911. The minimum atomic E-state index is -3.73. The van der Waals surface area contributed by atoms with Crippen molar-refractivity contribution in [2.45, 2.75) is 11.3 Å². The van der Waals surface area contributed by atoms with Gasteiger partial charge in [-0.2, -0.15) is 0 Å². The number of anilines is 1. The van der Waals surface area contributed by atoms with Gasteiger partial charge in [-0.1, -0.05) is 42.5 Å². The molecule has 1 aliphatic rings. The Bertz CT molecular complexity index is 952. The van der Waals surface area contributed by atoms with Crippen molar-refractivity contribution in [1.82, 2.24) is 9.80 Å². The van der Waals surface area contributed by atoms with Gasteiger partial charge in [-0.3, -0.25) is 9.69 Å². The second-order valence-electron chi connectivity index (χ2n) is 7.32. The summed E-state index contributed by atoms with van der Waals surface area (Å²) in [7, 11) is -3.73. The van der Waals surface area contributed by atoms with E-state index in [-0.39, 0.29) is 10.8 Å². The third kappa shape index (κ3) is 7.07. The molecule has 1 fully saturated rings. The number of sulfonamides is 1. The van der Waals surface area contributed by atoms with Crippen molar-refractivity contribution in [3.63, 3.8) is 0 Å². The Kier molecular flexibility index (Phi) is 7.75. The van der Waals surface area contributed by atoms with E-state index < -0.39 is 10.0 Å². The minimum absolute atomic E-state index is 0.0250. The molecule has 7 nitrogen and oxygen atoms in total. The predicted molar refractivity (Wildman–Crippen MR) is 119 cm³/mol. The minimum Gasteiger partial charge on any atom is -0.326 e. The molecule has 1 heterocycles. The van der Waals surface area contributed by atoms with Gasteiger partial charge in [-0.25, -0.2) is 13.6 Å². The molecule has 160 valence electrons. The lowest BCUT2D eigenvalue weighted by Gasteiger charge is -2.34. The summed E-state index contributed by atoms with van der Waals surface area (Å²) in [5, 5.41) is 7.87. The van der Waals surface area contributed by atoms with Crippen LogP contribution in [0.25, 0.3) is 6.08 Å². The molecule has 0 bridgehead atoms. The quantitative estimate of drug-likeness (QED) is 0.670. The van der Waals surface area contributed by atoms with Gasteiger partial charge in [-0.05, 0) is 29.8 Å². The van der Waals surface area contributed by atoms with Gasteiger partial charge in [0.15, 0.2) is 0 Å². The maximum Gasteiger partial charge on any atom is 0.238 e. The van der Waals surface area contributed by atoms with E-state index in [2.05, 4.69) is 39.4 Å². The Morgan fingerprint density at radius 3 is 2.23 bits per heavy atom. The van der Waals surface area contributed by atoms with Crippen LogP contribution in [0.5, 0.6) is 0 Å². The second kappa shape index (κ2) is 10.5. The summed E-state index contributed by atoms with van der Waals surface area (Å²) in [5.41, 5.74) is 1.77. The van der Waals surface area contributed by atoms with Crippen LogP contribution in [0, 0.1) is 0 Å². The lowest BCUT2D eigenvalue weighted by Crippen LogP contribution is -2.46. The number of carbonyl (C=O) groups is 1. The Balaban J connectivity index is 1.35. The number of nitrogens with one attached hydrogen (secondary N) is 1. The van der Waals surface area contributed by atoms with Crippen molar-refractivity contribution in [2.24, 2.45) is 5.14 Å². The molecule has 0 radical (unpaired) electrons. The Hall–Kier alpha value is -2.52. The van der Waals surface area contributed by atoms with Gasteiger partial charge in [0.25, 0.3) is 0 Å². The van der Waals surface area contributed by atoms with Crippen molar-refractivity contribution in [3.8, 4) is 0 Å². The third-order valence-corrected chi connectivity index (χ3v) is 5.99. The number of carbonyl (C=O) groups excluding carboxylic acids is 1. The monoisotopic (exact) mass is 428 g/mol. The zero-order chi connectivity index (χ0) is 21.4. The first kappa shape index (κ1) is 22.2. The van der Waals surface area contributed by atoms with Crippen LogP contribution in [-0.2, 0) is 14.8 Å². The number of hydrogen-bond donors (Lipinski definition) is 2. The highest BCUT2D eigenvalue weighted by Crippen LogP contribution is 2.13. The molecule has 3 N–H and O–H groups in total. The Labute approximate surface area is 178 Å². The van der Waals surface area contributed by atoms with E-state index in [4.69, 9.17) is 5.14 Å².